The molecule has 0 aromatic carbocycles. The molecule has 0 aromatic rings. The highest BCUT2D eigenvalue weighted by molar-refractivity contribution is 4.94. The van der Waals surface area contributed by atoms with Gasteiger partial charge in [0.15, 0.2) is 6.29 Å². The molecule has 1 heterocycles. The minimum absolute atomic E-state index is 0.188. The van der Waals surface area contributed by atoms with Crippen molar-refractivity contribution in [3.63, 3.8) is 0 Å². The van der Waals surface area contributed by atoms with Crippen molar-refractivity contribution >= 4 is 0 Å². The van der Waals surface area contributed by atoms with Gasteiger partial charge in [-0.1, -0.05) is 0 Å². The highest BCUT2D eigenvalue weighted by atomic mass is 16.7. The number of methoxy groups -OCH3 is 9. The minimum Gasteiger partial charge on any atom is -0.382 e. The van der Waals surface area contributed by atoms with Crippen LogP contribution in [0.4, 0.5) is 0 Å². The van der Waals surface area contributed by atoms with Gasteiger partial charge in [0, 0.05) is 64.0 Å². The summed E-state index contributed by atoms with van der Waals surface area (Å²) in [5.41, 5.74) is 0. The SMILES string of the molecule is [2H]C(OC)[C@H](OC)[C@@H](OC)[C@H](O[C@@H]1O[C@H](COC)[C@@H](OC)[C@H](OC)[C@H]1OC)[C@@H](COC)OC. The van der Waals surface area contributed by atoms with E-state index in [0.29, 0.717) is 0 Å². The van der Waals surface area contributed by atoms with Crippen molar-refractivity contribution in [1.29, 1.82) is 0 Å². The van der Waals surface area contributed by atoms with Gasteiger partial charge in [0.05, 0.1) is 21.2 Å². The predicted octanol–water partition coefficient (Wildman–Crippen LogP) is 0.126. The van der Waals surface area contributed by atoms with Crippen LogP contribution in [0, 0.1) is 0 Å². The van der Waals surface area contributed by atoms with E-state index in [1.165, 1.54) is 35.5 Å². The second-order valence-corrected chi connectivity index (χ2v) is 7.20. The Kier molecular flexibility index (Phi) is 14.1. The first-order valence-corrected chi connectivity index (χ1v) is 10.3. The second kappa shape index (κ2) is 16.2. The minimum atomic E-state index is -1.04. The van der Waals surface area contributed by atoms with Gasteiger partial charge in [0.25, 0.3) is 0 Å². The zero-order valence-corrected chi connectivity index (χ0v) is 20.7. The fraction of sp³-hybridized carbons (Fsp3) is 1.00. The van der Waals surface area contributed by atoms with Crippen LogP contribution in [0.1, 0.15) is 1.37 Å². The van der Waals surface area contributed by atoms with Crippen LogP contribution in [0.25, 0.3) is 0 Å². The Hall–Kier alpha value is -0.440. The van der Waals surface area contributed by atoms with E-state index >= 15 is 0 Å². The van der Waals surface area contributed by atoms with Gasteiger partial charge in [-0.3, -0.25) is 0 Å². The van der Waals surface area contributed by atoms with Crippen molar-refractivity contribution in [2.75, 3.05) is 83.8 Å². The highest BCUT2D eigenvalue weighted by Gasteiger charge is 2.50. The summed E-state index contributed by atoms with van der Waals surface area (Å²) in [7, 11) is 13.7. The van der Waals surface area contributed by atoms with Gasteiger partial charge in [-0.05, 0) is 0 Å². The average molecular weight is 472 g/mol. The third-order valence-electron chi connectivity index (χ3n) is 5.49. The Bertz CT molecular complexity index is 503. The summed E-state index contributed by atoms with van der Waals surface area (Å²) in [6.07, 6.45) is -5.98. The van der Waals surface area contributed by atoms with Crippen molar-refractivity contribution in [2.45, 2.75) is 55.1 Å². The van der Waals surface area contributed by atoms with E-state index in [1.54, 1.807) is 28.4 Å². The molecule has 0 aromatic heterocycles. The Labute approximate surface area is 193 Å². The molecular weight excluding hydrogens is 428 g/mol. The molecule has 1 unspecified atom stereocenters. The molecule has 1 rings (SSSR count). The van der Waals surface area contributed by atoms with Crippen molar-refractivity contribution < 1.29 is 53.5 Å². The summed E-state index contributed by atoms with van der Waals surface area (Å²) in [5, 5.41) is 0. The van der Waals surface area contributed by atoms with Crippen LogP contribution in [0.2, 0.25) is 0 Å². The van der Waals surface area contributed by atoms with E-state index in [1.807, 2.05) is 0 Å². The van der Waals surface area contributed by atoms with E-state index in [2.05, 4.69) is 0 Å². The van der Waals surface area contributed by atoms with Crippen LogP contribution in [-0.4, -0.2) is 139 Å². The second-order valence-electron chi connectivity index (χ2n) is 7.20. The van der Waals surface area contributed by atoms with Gasteiger partial charge in [-0.15, -0.1) is 0 Å². The third kappa shape index (κ3) is 7.54. The topological polar surface area (TPSA) is 102 Å². The maximum atomic E-state index is 8.24. The fourth-order valence-electron chi connectivity index (χ4n) is 3.94. The lowest BCUT2D eigenvalue weighted by Gasteiger charge is -2.46. The van der Waals surface area contributed by atoms with E-state index in [4.69, 9.17) is 53.5 Å². The van der Waals surface area contributed by atoms with E-state index in [0.717, 1.165) is 0 Å². The molecule has 0 amide bonds. The van der Waals surface area contributed by atoms with Crippen molar-refractivity contribution in [3.05, 3.63) is 0 Å². The molecule has 1 saturated heterocycles. The van der Waals surface area contributed by atoms with E-state index in [-0.39, 0.29) is 13.2 Å². The van der Waals surface area contributed by atoms with E-state index in [9.17, 15) is 0 Å². The summed E-state index contributed by atoms with van der Waals surface area (Å²) in [6, 6.07) is 0. The average Bonchev–Trinajstić information content (AvgIpc) is 2.83. The standard InChI is InChI=1S/C21H42O11/c1-22-10-13(25-4)16(27-6)18(14(26-5)11-23-2)32-21-20(30-9)19(29-8)17(28-7)15(31-21)12-24-3/h13-21H,10-12H2,1-9H3/t13-,14+,15+,16+,17+,18+,19-,20+,21-/m0/s1/i10D/t10?,13-,14+,15+,16+,17+,18+,19-,20+,21-. The molecule has 32 heavy (non-hydrogen) atoms. The number of hydrogen-bond donors (Lipinski definition) is 0. The quantitative estimate of drug-likeness (QED) is 0.289. The van der Waals surface area contributed by atoms with Gasteiger partial charge in [-0.25, -0.2) is 0 Å². The molecule has 0 spiro atoms. The number of ether oxygens (including phenoxy) is 11. The Morgan fingerprint density at radius 1 is 0.688 bits per heavy atom. The first-order valence-electron chi connectivity index (χ1n) is 10.9. The summed E-state index contributed by atoms with van der Waals surface area (Å²) in [5.74, 6) is 0. The van der Waals surface area contributed by atoms with Crippen molar-refractivity contribution in [1.82, 2.24) is 0 Å². The molecule has 0 N–H and O–H groups in total. The normalized spacial score (nSPS) is 31.5. The molecule has 1 aliphatic heterocycles. The third-order valence-corrected chi connectivity index (χ3v) is 5.49. The van der Waals surface area contributed by atoms with Crippen LogP contribution in [0.15, 0.2) is 0 Å². The van der Waals surface area contributed by atoms with E-state index < -0.39 is 61.7 Å². The van der Waals surface area contributed by atoms with Crippen molar-refractivity contribution in [2.24, 2.45) is 0 Å². The molecule has 11 nitrogen and oxygen atoms in total. The molecule has 0 saturated carbocycles. The van der Waals surface area contributed by atoms with Gasteiger partial charge < -0.3 is 52.1 Å². The lowest BCUT2D eigenvalue weighted by atomic mass is 9.97. The van der Waals surface area contributed by atoms with Crippen LogP contribution in [0.5, 0.6) is 0 Å². The lowest BCUT2D eigenvalue weighted by molar-refractivity contribution is -0.338. The number of hydrogen-bond acceptors (Lipinski definition) is 11. The zero-order chi connectivity index (χ0) is 25.0. The van der Waals surface area contributed by atoms with Crippen LogP contribution < -0.4 is 0 Å². The molecule has 0 radical (unpaired) electrons. The molecular formula is C21H42O11. The summed E-state index contributed by atoms with van der Waals surface area (Å²) in [6.45, 7) is -0.604. The maximum Gasteiger partial charge on any atom is 0.187 e. The molecule has 11 heteroatoms. The van der Waals surface area contributed by atoms with Gasteiger partial charge >= 0.3 is 0 Å². The molecule has 0 aliphatic carbocycles. The maximum absolute atomic E-state index is 8.24. The largest absolute Gasteiger partial charge is 0.382 e. The molecule has 1 aliphatic rings. The number of rotatable bonds is 17. The Balaban J connectivity index is 3.36. The first kappa shape index (κ1) is 27.8. The molecule has 1 fully saturated rings. The van der Waals surface area contributed by atoms with Gasteiger partial charge in [-0.2, -0.15) is 0 Å². The first-order chi connectivity index (χ1) is 15.9. The molecule has 192 valence electrons. The summed E-state index contributed by atoms with van der Waals surface area (Å²) in [4.78, 5) is 0. The zero-order valence-electron chi connectivity index (χ0n) is 21.7. The fourth-order valence-corrected chi connectivity index (χ4v) is 3.94. The highest BCUT2D eigenvalue weighted by Crippen LogP contribution is 2.31. The molecule has 0 bridgehead atoms. The van der Waals surface area contributed by atoms with Crippen LogP contribution in [-0.2, 0) is 52.1 Å². The summed E-state index contributed by atoms with van der Waals surface area (Å²) < 4.78 is 70.7. The Morgan fingerprint density at radius 3 is 1.75 bits per heavy atom. The summed E-state index contributed by atoms with van der Waals surface area (Å²) >= 11 is 0. The lowest BCUT2D eigenvalue weighted by Crippen LogP contribution is -2.63. The van der Waals surface area contributed by atoms with Crippen molar-refractivity contribution in [3.8, 4) is 0 Å². The smallest absolute Gasteiger partial charge is 0.187 e. The van der Waals surface area contributed by atoms with Gasteiger partial charge in [0.1, 0.15) is 48.8 Å². The predicted molar refractivity (Wildman–Crippen MR) is 114 cm³/mol. The van der Waals surface area contributed by atoms with Gasteiger partial charge in [0.2, 0.25) is 0 Å². The Morgan fingerprint density at radius 2 is 1.31 bits per heavy atom. The van der Waals surface area contributed by atoms with Crippen LogP contribution >= 0.6 is 0 Å². The monoisotopic (exact) mass is 471 g/mol. The van der Waals surface area contributed by atoms with Crippen LogP contribution in [0.3, 0.4) is 0 Å². The molecule has 10 atom stereocenters.